The van der Waals surface area contributed by atoms with Gasteiger partial charge in [-0.1, -0.05) is 0 Å². The third kappa shape index (κ3) is 2.08. The summed E-state index contributed by atoms with van der Waals surface area (Å²) in [5, 5.41) is 2.98. The van der Waals surface area contributed by atoms with Crippen molar-refractivity contribution in [2.45, 2.75) is 0 Å². The van der Waals surface area contributed by atoms with Crippen LogP contribution in [0.2, 0.25) is 0 Å². The van der Waals surface area contributed by atoms with Gasteiger partial charge in [-0.2, -0.15) is 0 Å². The largest absolute Gasteiger partial charge is 0.388 e. The molecular weight excluding hydrogens is 171 g/mol. The molecule has 0 saturated heterocycles. The molecule has 12 heavy (non-hydrogen) atoms. The topological polar surface area (TPSA) is 42.0 Å². The van der Waals surface area contributed by atoms with Gasteiger partial charge < -0.3 is 9.88 Å². The van der Waals surface area contributed by atoms with E-state index in [1.54, 1.807) is 19.5 Å². The van der Waals surface area contributed by atoms with Crippen LogP contribution in [-0.2, 0) is 4.57 Å². The van der Waals surface area contributed by atoms with Gasteiger partial charge in [0.15, 0.2) is 0 Å². The fraction of sp³-hybridized carbons (Fsp3) is 0.375. The van der Waals surface area contributed by atoms with Gasteiger partial charge in [-0.25, -0.2) is 0 Å². The Morgan fingerprint density at radius 3 is 2.67 bits per heavy atom. The Hall–Kier alpha value is -0.820. The van der Waals surface area contributed by atoms with E-state index in [0.29, 0.717) is 5.44 Å². The summed E-state index contributed by atoms with van der Waals surface area (Å²) in [6.07, 6.45) is 1.67. The zero-order chi connectivity index (χ0) is 9.19. The summed E-state index contributed by atoms with van der Waals surface area (Å²) >= 11 is 0. The molecule has 0 unspecified atom stereocenters. The van der Waals surface area contributed by atoms with Gasteiger partial charge in [-0.05, 0) is 25.5 Å². The van der Waals surface area contributed by atoms with Crippen molar-refractivity contribution in [2.24, 2.45) is 0 Å². The van der Waals surface area contributed by atoms with Crippen molar-refractivity contribution in [2.75, 3.05) is 25.7 Å². The lowest BCUT2D eigenvalue weighted by Gasteiger charge is -2.06. The van der Waals surface area contributed by atoms with Crippen molar-refractivity contribution in [1.29, 1.82) is 0 Å². The van der Waals surface area contributed by atoms with E-state index in [2.05, 4.69) is 10.3 Å². The summed E-state index contributed by atoms with van der Waals surface area (Å²) in [6.45, 7) is 3.43. The SMILES string of the molecule is CNc1ccnc(P(C)(C)=O)c1. The van der Waals surface area contributed by atoms with E-state index in [9.17, 15) is 4.57 Å². The van der Waals surface area contributed by atoms with Crippen LogP contribution >= 0.6 is 7.14 Å². The van der Waals surface area contributed by atoms with E-state index in [-0.39, 0.29) is 0 Å². The quantitative estimate of drug-likeness (QED) is 0.706. The lowest BCUT2D eigenvalue weighted by atomic mass is 10.4. The number of hydrogen-bond donors (Lipinski definition) is 1. The Kier molecular flexibility index (Phi) is 2.53. The molecule has 0 aliphatic carbocycles. The van der Waals surface area contributed by atoms with Crippen LogP contribution in [0.1, 0.15) is 0 Å². The number of pyridine rings is 1. The molecule has 1 N–H and O–H groups in total. The second-order valence-corrected chi connectivity index (χ2v) is 6.16. The fourth-order valence-electron chi connectivity index (χ4n) is 0.868. The van der Waals surface area contributed by atoms with Gasteiger partial charge in [0.1, 0.15) is 12.6 Å². The average Bonchev–Trinajstić information content (AvgIpc) is 2.03. The summed E-state index contributed by atoms with van der Waals surface area (Å²) in [7, 11) is -0.381. The van der Waals surface area contributed by atoms with Crippen molar-refractivity contribution in [1.82, 2.24) is 4.98 Å². The van der Waals surface area contributed by atoms with Crippen LogP contribution in [0.15, 0.2) is 18.3 Å². The standard InChI is InChI=1S/C8H13N2OP/c1-9-7-4-5-10-8(6-7)12(2,3)11/h4-6H,1-3H3,(H,9,10). The maximum absolute atomic E-state index is 11.6. The smallest absolute Gasteiger partial charge is 0.127 e. The molecule has 0 saturated carbocycles. The van der Waals surface area contributed by atoms with Crippen molar-refractivity contribution < 1.29 is 4.57 Å². The second-order valence-electron chi connectivity index (χ2n) is 3.00. The summed E-state index contributed by atoms with van der Waals surface area (Å²) < 4.78 is 11.6. The fourth-order valence-corrected chi connectivity index (χ4v) is 1.66. The summed E-state index contributed by atoms with van der Waals surface area (Å²) in [6, 6.07) is 3.67. The highest BCUT2D eigenvalue weighted by molar-refractivity contribution is 7.69. The minimum atomic E-state index is -2.21. The molecule has 0 aliphatic rings. The van der Waals surface area contributed by atoms with Crippen LogP contribution < -0.4 is 10.8 Å². The van der Waals surface area contributed by atoms with E-state index in [1.165, 1.54) is 0 Å². The highest BCUT2D eigenvalue weighted by atomic mass is 31.2. The maximum atomic E-state index is 11.6. The summed E-state index contributed by atoms with van der Waals surface area (Å²) in [5.74, 6) is 0. The Labute approximate surface area is 72.6 Å². The minimum Gasteiger partial charge on any atom is -0.388 e. The van der Waals surface area contributed by atoms with E-state index >= 15 is 0 Å². The van der Waals surface area contributed by atoms with Gasteiger partial charge in [0.05, 0.1) is 0 Å². The Bertz CT molecular complexity index is 319. The Morgan fingerprint density at radius 1 is 1.50 bits per heavy atom. The normalized spacial score (nSPS) is 11.2. The summed E-state index contributed by atoms with van der Waals surface area (Å²) in [5.41, 5.74) is 1.62. The predicted molar refractivity (Wildman–Crippen MR) is 52.9 cm³/mol. The molecule has 0 bridgehead atoms. The van der Waals surface area contributed by atoms with Crippen molar-refractivity contribution >= 4 is 18.3 Å². The number of nitrogens with one attached hydrogen (secondary N) is 1. The highest BCUT2D eigenvalue weighted by Crippen LogP contribution is 2.33. The van der Waals surface area contributed by atoms with Crippen LogP contribution in [0.4, 0.5) is 5.69 Å². The van der Waals surface area contributed by atoms with E-state index in [4.69, 9.17) is 0 Å². The van der Waals surface area contributed by atoms with Crippen molar-refractivity contribution in [3.05, 3.63) is 18.3 Å². The molecule has 1 rings (SSSR count). The van der Waals surface area contributed by atoms with Crippen LogP contribution in [0, 0.1) is 0 Å². The lowest BCUT2D eigenvalue weighted by Crippen LogP contribution is -2.08. The second kappa shape index (κ2) is 3.28. The molecule has 0 spiro atoms. The molecule has 0 amide bonds. The van der Waals surface area contributed by atoms with Crippen LogP contribution in [0.25, 0.3) is 0 Å². The average molecular weight is 184 g/mol. The molecular formula is C8H13N2OP. The van der Waals surface area contributed by atoms with Gasteiger partial charge >= 0.3 is 0 Å². The molecule has 3 nitrogen and oxygen atoms in total. The van der Waals surface area contributed by atoms with E-state index < -0.39 is 7.14 Å². The van der Waals surface area contributed by atoms with Gasteiger partial charge in [0.25, 0.3) is 0 Å². The molecule has 4 heteroatoms. The molecule has 1 aromatic heterocycles. The molecule has 0 radical (unpaired) electrons. The Balaban J connectivity index is 3.11. The molecule has 66 valence electrons. The van der Waals surface area contributed by atoms with E-state index in [1.807, 2.05) is 19.2 Å². The van der Waals surface area contributed by atoms with E-state index in [0.717, 1.165) is 5.69 Å². The molecule has 1 aromatic rings. The number of anilines is 1. The van der Waals surface area contributed by atoms with Crippen LogP contribution in [0.5, 0.6) is 0 Å². The first-order valence-corrected chi connectivity index (χ1v) is 6.33. The number of nitrogens with zero attached hydrogens (tertiary/aromatic N) is 1. The van der Waals surface area contributed by atoms with Gasteiger partial charge in [-0.3, -0.25) is 4.98 Å². The van der Waals surface area contributed by atoms with Gasteiger partial charge in [0.2, 0.25) is 0 Å². The molecule has 0 fully saturated rings. The Morgan fingerprint density at radius 2 is 2.17 bits per heavy atom. The first kappa shape index (κ1) is 9.27. The molecule has 1 heterocycles. The molecule has 0 atom stereocenters. The number of hydrogen-bond acceptors (Lipinski definition) is 3. The third-order valence-corrected chi connectivity index (χ3v) is 2.93. The zero-order valence-electron chi connectivity index (χ0n) is 7.53. The van der Waals surface area contributed by atoms with Crippen LogP contribution in [-0.4, -0.2) is 25.4 Å². The monoisotopic (exact) mass is 184 g/mol. The molecule has 0 aliphatic heterocycles. The predicted octanol–water partition coefficient (Wildman–Crippen LogP) is 1.37. The highest BCUT2D eigenvalue weighted by Gasteiger charge is 2.12. The van der Waals surface area contributed by atoms with Crippen molar-refractivity contribution in [3.63, 3.8) is 0 Å². The third-order valence-electron chi connectivity index (χ3n) is 1.59. The summed E-state index contributed by atoms with van der Waals surface area (Å²) in [4.78, 5) is 4.06. The number of rotatable bonds is 2. The maximum Gasteiger partial charge on any atom is 0.127 e. The first-order chi connectivity index (χ1) is 5.54. The van der Waals surface area contributed by atoms with Crippen LogP contribution in [0.3, 0.4) is 0 Å². The minimum absolute atomic E-state index is 0.675. The lowest BCUT2D eigenvalue weighted by molar-refractivity contribution is 0.588. The van der Waals surface area contributed by atoms with Crippen molar-refractivity contribution in [3.8, 4) is 0 Å². The zero-order valence-corrected chi connectivity index (χ0v) is 8.43. The first-order valence-electron chi connectivity index (χ1n) is 3.73. The number of aromatic nitrogens is 1. The molecule has 0 aromatic carbocycles. The van der Waals surface area contributed by atoms with Gasteiger partial charge in [0, 0.05) is 18.9 Å². The van der Waals surface area contributed by atoms with Gasteiger partial charge in [-0.15, -0.1) is 0 Å².